The summed E-state index contributed by atoms with van der Waals surface area (Å²) < 4.78 is 29.5. The van der Waals surface area contributed by atoms with Crippen LogP contribution in [0.3, 0.4) is 0 Å². The van der Waals surface area contributed by atoms with E-state index in [2.05, 4.69) is 18.6 Å². The molecule has 0 spiro atoms. The quantitative estimate of drug-likeness (QED) is 0.390. The van der Waals surface area contributed by atoms with Gasteiger partial charge in [0.2, 0.25) is 10.0 Å². The summed E-state index contributed by atoms with van der Waals surface area (Å²) in [7, 11) is -3.80. The first-order valence-electron chi connectivity index (χ1n) is 11.1. The second kappa shape index (κ2) is 11.3. The Hall–Kier alpha value is -1.83. The van der Waals surface area contributed by atoms with Gasteiger partial charge in [-0.3, -0.25) is 4.79 Å². The Balaban J connectivity index is 2.29. The first-order chi connectivity index (χ1) is 14.9. The number of carbonyl (C=O) groups is 1. The molecule has 0 fully saturated rings. The molecule has 176 valence electrons. The third kappa shape index (κ3) is 6.83. The highest BCUT2D eigenvalue weighted by Gasteiger charge is 2.27. The van der Waals surface area contributed by atoms with Gasteiger partial charge in [-0.15, -0.1) is 11.8 Å². The van der Waals surface area contributed by atoms with Gasteiger partial charge in [-0.2, -0.15) is 0 Å². The molecule has 0 amide bonds. The fraction of sp³-hybridized carbons (Fsp3) is 0.480. The maximum Gasteiger partial charge on any atom is 0.317 e. The van der Waals surface area contributed by atoms with Gasteiger partial charge in [0.15, 0.2) is 0 Å². The molecule has 0 aliphatic heterocycles. The van der Waals surface area contributed by atoms with E-state index in [-0.39, 0.29) is 24.8 Å². The van der Waals surface area contributed by atoms with Crippen LogP contribution in [0.1, 0.15) is 82.4 Å². The van der Waals surface area contributed by atoms with Gasteiger partial charge in [0, 0.05) is 11.4 Å². The normalized spacial score (nSPS) is 13.2. The number of nitrogens with one attached hydrogen (secondary N) is 1. The Morgan fingerprint density at radius 2 is 1.47 bits per heavy atom. The molecule has 0 aromatic heterocycles. The molecular formula is C25H35NO4S2. The summed E-state index contributed by atoms with van der Waals surface area (Å²) in [6.07, 6.45) is 0.187. The van der Waals surface area contributed by atoms with Crippen molar-refractivity contribution in [1.29, 1.82) is 0 Å². The molecule has 2 N–H and O–H groups in total. The average molecular weight is 478 g/mol. The molecule has 7 heteroatoms. The molecule has 2 aromatic carbocycles. The number of thioether (sulfide) groups is 1. The van der Waals surface area contributed by atoms with Crippen LogP contribution in [0.15, 0.2) is 52.3 Å². The van der Waals surface area contributed by atoms with Gasteiger partial charge in [0.1, 0.15) is 5.25 Å². The summed E-state index contributed by atoms with van der Waals surface area (Å²) >= 11 is 1.23. The van der Waals surface area contributed by atoms with Crippen molar-refractivity contribution in [2.75, 3.05) is 6.54 Å². The summed E-state index contributed by atoms with van der Waals surface area (Å²) in [5.41, 5.74) is 2.74. The van der Waals surface area contributed by atoms with E-state index in [1.54, 1.807) is 0 Å². The first-order valence-corrected chi connectivity index (χ1v) is 13.4. The van der Waals surface area contributed by atoms with E-state index in [9.17, 15) is 18.3 Å². The zero-order valence-corrected chi connectivity index (χ0v) is 21.4. The Bertz CT molecular complexity index is 986. The van der Waals surface area contributed by atoms with Crippen LogP contribution in [0.2, 0.25) is 0 Å². The number of sulfonamides is 1. The highest BCUT2D eigenvalue weighted by Crippen LogP contribution is 2.35. The van der Waals surface area contributed by atoms with Gasteiger partial charge in [-0.25, -0.2) is 13.1 Å². The molecule has 32 heavy (non-hydrogen) atoms. The van der Waals surface area contributed by atoms with Crippen LogP contribution < -0.4 is 4.72 Å². The zero-order valence-electron chi connectivity index (χ0n) is 19.8. The van der Waals surface area contributed by atoms with Crippen molar-refractivity contribution in [3.8, 4) is 0 Å². The lowest BCUT2D eigenvalue weighted by atomic mass is 9.89. The van der Waals surface area contributed by atoms with Crippen molar-refractivity contribution < 1.29 is 18.3 Å². The van der Waals surface area contributed by atoms with Crippen LogP contribution in [0.25, 0.3) is 0 Å². The zero-order chi connectivity index (χ0) is 24.1. The van der Waals surface area contributed by atoms with Crippen LogP contribution in [-0.4, -0.2) is 31.3 Å². The number of benzene rings is 2. The van der Waals surface area contributed by atoms with Crippen molar-refractivity contribution in [2.24, 2.45) is 0 Å². The molecule has 0 aliphatic carbocycles. The van der Waals surface area contributed by atoms with Crippen LogP contribution in [0.5, 0.6) is 0 Å². The molecule has 1 atom stereocenters. The lowest BCUT2D eigenvalue weighted by Crippen LogP contribution is -2.30. The Morgan fingerprint density at radius 1 is 0.938 bits per heavy atom. The van der Waals surface area contributed by atoms with E-state index in [1.807, 2.05) is 70.2 Å². The smallest absolute Gasteiger partial charge is 0.317 e. The van der Waals surface area contributed by atoms with Crippen molar-refractivity contribution in [1.82, 2.24) is 4.72 Å². The van der Waals surface area contributed by atoms with Crippen LogP contribution >= 0.6 is 11.8 Å². The summed E-state index contributed by atoms with van der Waals surface area (Å²) in [5, 5.41) is 8.86. The maximum absolute atomic E-state index is 13.4. The molecule has 0 radical (unpaired) electrons. The predicted octanol–water partition coefficient (Wildman–Crippen LogP) is 5.97. The Morgan fingerprint density at radius 3 is 1.91 bits per heavy atom. The standard InChI is InChI=1S/C25H35NO4S2/c1-16(2)19-14-21(17(3)4)24(22(15-19)18(5)6)32(29,30)26-13-12-23(25(27)28)31-20-10-8-7-9-11-20/h7-11,14-18,23,26H,12-13H2,1-6H3,(H,27,28). The molecule has 2 aromatic rings. The van der Waals surface area contributed by atoms with E-state index in [1.165, 1.54) is 11.8 Å². The Kier molecular flexibility index (Phi) is 9.37. The molecule has 5 nitrogen and oxygen atoms in total. The Labute approximate surface area is 197 Å². The van der Waals surface area contributed by atoms with E-state index >= 15 is 0 Å². The van der Waals surface area contributed by atoms with Gasteiger partial charge in [-0.05, 0) is 53.0 Å². The lowest BCUT2D eigenvalue weighted by molar-refractivity contribution is -0.136. The SMILES string of the molecule is CC(C)c1cc(C(C)C)c(S(=O)(=O)NCCC(Sc2ccccc2)C(=O)O)c(C(C)C)c1. The molecule has 0 saturated carbocycles. The minimum atomic E-state index is -3.80. The number of hydrogen-bond donors (Lipinski definition) is 2. The minimum absolute atomic E-state index is 0.0400. The number of carboxylic acid groups (broad SMARTS) is 1. The van der Waals surface area contributed by atoms with Crippen molar-refractivity contribution >= 4 is 27.8 Å². The van der Waals surface area contributed by atoms with E-state index < -0.39 is 21.2 Å². The number of rotatable bonds is 11. The fourth-order valence-corrected chi connectivity index (χ4v) is 6.21. The topological polar surface area (TPSA) is 83.5 Å². The molecule has 0 aliphatic rings. The van der Waals surface area contributed by atoms with Crippen molar-refractivity contribution in [3.05, 3.63) is 59.2 Å². The maximum atomic E-state index is 13.4. The minimum Gasteiger partial charge on any atom is -0.480 e. The molecule has 1 unspecified atom stereocenters. The monoisotopic (exact) mass is 477 g/mol. The highest BCUT2D eigenvalue weighted by molar-refractivity contribution is 8.00. The molecule has 0 saturated heterocycles. The van der Waals surface area contributed by atoms with Crippen LogP contribution in [-0.2, 0) is 14.8 Å². The van der Waals surface area contributed by atoms with Gasteiger partial charge in [0.25, 0.3) is 0 Å². The molecule has 0 bridgehead atoms. The van der Waals surface area contributed by atoms with E-state index in [4.69, 9.17) is 0 Å². The van der Waals surface area contributed by atoms with Crippen molar-refractivity contribution in [3.63, 3.8) is 0 Å². The summed E-state index contributed by atoms with van der Waals surface area (Å²) in [6, 6.07) is 13.3. The van der Waals surface area contributed by atoms with Crippen LogP contribution in [0, 0.1) is 0 Å². The fourth-order valence-electron chi connectivity index (χ4n) is 3.49. The average Bonchev–Trinajstić information content (AvgIpc) is 2.72. The number of carboxylic acids is 1. The lowest BCUT2D eigenvalue weighted by Gasteiger charge is -2.23. The molecule has 0 heterocycles. The summed E-state index contributed by atoms with van der Waals surface area (Å²) in [5.74, 6) is -0.581. The van der Waals surface area contributed by atoms with Gasteiger partial charge in [-0.1, -0.05) is 71.9 Å². The highest BCUT2D eigenvalue weighted by atomic mass is 32.2. The second-order valence-electron chi connectivity index (χ2n) is 8.94. The van der Waals surface area contributed by atoms with Gasteiger partial charge in [0.05, 0.1) is 4.90 Å². The van der Waals surface area contributed by atoms with E-state index in [0.717, 1.165) is 21.6 Å². The third-order valence-corrected chi connectivity index (χ3v) is 8.20. The third-order valence-electron chi connectivity index (χ3n) is 5.34. The number of aliphatic carboxylic acids is 1. The first kappa shape index (κ1) is 26.4. The van der Waals surface area contributed by atoms with E-state index in [0.29, 0.717) is 10.8 Å². The molecular weight excluding hydrogens is 442 g/mol. The largest absolute Gasteiger partial charge is 0.480 e. The second-order valence-corrected chi connectivity index (χ2v) is 11.9. The van der Waals surface area contributed by atoms with Gasteiger partial charge < -0.3 is 5.11 Å². The van der Waals surface area contributed by atoms with Crippen molar-refractivity contribution in [2.45, 2.75) is 80.8 Å². The summed E-state index contributed by atoms with van der Waals surface area (Å²) in [6.45, 7) is 12.3. The number of hydrogen-bond acceptors (Lipinski definition) is 4. The van der Waals surface area contributed by atoms with Gasteiger partial charge >= 0.3 is 5.97 Å². The molecule has 2 rings (SSSR count). The predicted molar refractivity (Wildman–Crippen MR) is 132 cm³/mol. The van der Waals surface area contributed by atoms with Crippen LogP contribution in [0.4, 0.5) is 0 Å². The summed E-state index contributed by atoms with van der Waals surface area (Å²) in [4.78, 5) is 12.9.